The molecule has 1 aromatic rings. The number of benzene rings is 1. The number of ether oxygens (including phenoxy) is 2. The maximum absolute atomic E-state index is 13.8. The second kappa shape index (κ2) is 3.94. The lowest BCUT2D eigenvalue weighted by molar-refractivity contribution is 0.346. The zero-order valence-corrected chi connectivity index (χ0v) is 9.55. The van der Waals surface area contributed by atoms with E-state index in [0.29, 0.717) is 6.42 Å². The smallest absolute Gasteiger partial charge is 0.207 e. The average Bonchev–Trinajstić information content (AvgIpc) is 2.97. The van der Waals surface area contributed by atoms with Crippen LogP contribution >= 0.6 is 0 Å². The molecule has 0 heterocycles. The van der Waals surface area contributed by atoms with Crippen LogP contribution in [0.2, 0.25) is 0 Å². The van der Waals surface area contributed by atoms with Gasteiger partial charge >= 0.3 is 0 Å². The Hall–Kier alpha value is -1.29. The standard InChI is InChI=1S/C12H16FNO2/c1-15-9-4-3-8(7-12(14)5-6-12)11(16-2)10(9)13/h3-4H,5-7,14H2,1-2H3. The summed E-state index contributed by atoms with van der Waals surface area (Å²) in [5.74, 6) is -0.00899. The number of nitrogens with two attached hydrogens (primary N) is 1. The number of hydrogen-bond acceptors (Lipinski definition) is 3. The molecule has 1 fully saturated rings. The first-order valence-electron chi connectivity index (χ1n) is 5.28. The van der Waals surface area contributed by atoms with Gasteiger partial charge in [-0.25, -0.2) is 0 Å². The summed E-state index contributed by atoms with van der Waals surface area (Å²) in [6.07, 6.45) is 2.63. The molecule has 3 nitrogen and oxygen atoms in total. The summed E-state index contributed by atoms with van der Waals surface area (Å²) in [5.41, 5.74) is 6.66. The molecule has 0 spiro atoms. The molecule has 0 saturated heterocycles. The van der Waals surface area contributed by atoms with Crippen molar-refractivity contribution in [1.82, 2.24) is 0 Å². The molecular formula is C12H16FNO2. The number of hydrogen-bond donors (Lipinski definition) is 1. The normalized spacial score (nSPS) is 17.0. The van der Waals surface area contributed by atoms with Gasteiger partial charge in [0.15, 0.2) is 11.5 Å². The van der Waals surface area contributed by atoms with E-state index in [1.807, 2.05) is 6.07 Å². The number of halogens is 1. The topological polar surface area (TPSA) is 44.5 Å². The molecule has 88 valence electrons. The van der Waals surface area contributed by atoms with Gasteiger partial charge in [0.2, 0.25) is 5.82 Å². The summed E-state index contributed by atoms with van der Waals surface area (Å²) >= 11 is 0. The Morgan fingerprint density at radius 3 is 2.50 bits per heavy atom. The largest absolute Gasteiger partial charge is 0.494 e. The predicted molar refractivity (Wildman–Crippen MR) is 59.4 cm³/mol. The Morgan fingerprint density at radius 1 is 1.31 bits per heavy atom. The van der Waals surface area contributed by atoms with E-state index in [9.17, 15) is 4.39 Å². The SMILES string of the molecule is COc1ccc(CC2(N)CC2)c(OC)c1F. The first-order chi connectivity index (χ1) is 7.59. The summed E-state index contributed by atoms with van der Waals surface area (Å²) in [4.78, 5) is 0. The van der Waals surface area contributed by atoms with E-state index in [4.69, 9.17) is 15.2 Å². The van der Waals surface area contributed by atoms with E-state index in [2.05, 4.69) is 0 Å². The minimum absolute atomic E-state index is 0.158. The summed E-state index contributed by atoms with van der Waals surface area (Å²) in [5, 5.41) is 0. The highest BCUT2D eigenvalue weighted by atomic mass is 19.1. The summed E-state index contributed by atoms with van der Waals surface area (Å²) in [6, 6.07) is 3.42. The van der Waals surface area contributed by atoms with E-state index < -0.39 is 5.82 Å². The molecule has 0 aromatic heterocycles. The lowest BCUT2D eigenvalue weighted by atomic mass is 10.0. The monoisotopic (exact) mass is 225 g/mol. The molecule has 0 atom stereocenters. The van der Waals surface area contributed by atoms with Crippen LogP contribution in [0.4, 0.5) is 4.39 Å². The summed E-state index contributed by atoms with van der Waals surface area (Å²) in [6.45, 7) is 0. The Labute approximate surface area is 94.3 Å². The molecule has 1 saturated carbocycles. The van der Waals surface area contributed by atoms with Crippen molar-refractivity contribution in [3.05, 3.63) is 23.5 Å². The highest BCUT2D eigenvalue weighted by Gasteiger charge is 2.39. The highest BCUT2D eigenvalue weighted by molar-refractivity contribution is 5.44. The second-order valence-electron chi connectivity index (χ2n) is 4.31. The van der Waals surface area contributed by atoms with Crippen molar-refractivity contribution in [2.45, 2.75) is 24.8 Å². The van der Waals surface area contributed by atoms with Crippen molar-refractivity contribution in [3.8, 4) is 11.5 Å². The Bertz CT molecular complexity index is 402. The highest BCUT2D eigenvalue weighted by Crippen LogP contribution is 2.39. The molecule has 1 aliphatic carbocycles. The van der Waals surface area contributed by atoms with Gasteiger partial charge in [0.05, 0.1) is 14.2 Å². The zero-order valence-electron chi connectivity index (χ0n) is 9.55. The van der Waals surface area contributed by atoms with E-state index in [1.54, 1.807) is 6.07 Å². The van der Waals surface area contributed by atoms with Crippen molar-refractivity contribution in [1.29, 1.82) is 0 Å². The van der Waals surface area contributed by atoms with Crippen LogP contribution in [0.5, 0.6) is 11.5 Å². The third kappa shape index (κ3) is 1.97. The van der Waals surface area contributed by atoms with Gasteiger partial charge in [-0.1, -0.05) is 6.07 Å². The second-order valence-corrected chi connectivity index (χ2v) is 4.31. The fourth-order valence-corrected chi connectivity index (χ4v) is 1.81. The van der Waals surface area contributed by atoms with E-state index >= 15 is 0 Å². The third-order valence-corrected chi connectivity index (χ3v) is 3.00. The Morgan fingerprint density at radius 2 is 2.00 bits per heavy atom. The van der Waals surface area contributed by atoms with Gasteiger partial charge in [-0.05, 0) is 30.9 Å². The maximum Gasteiger partial charge on any atom is 0.207 e. The van der Waals surface area contributed by atoms with Gasteiger partial charge in [-0.15, -0.1) is 0 Å². The fraction of sp³-hybridized carbons (Fsp3) is 0.500. The van der Waals surface area contributed by atoms with Crippen molar-refractivity contribution in [3.63, 3.8) is 0 Å². The number of methoxy groups -OCH3 is 2. The molecule has 0 aliphatic heterocycles. The third-order valence-electron chi connectivity index (χ3n) is 3.00. The minimum atomic E-state index is -0.452. The van der Waals surface area contributed by atoms with Crippen LogP contribution < -0.4 is 15.2 Å². The Balaban J connectivity index is 2.33. The molecule has 4 heteroatoms. The average molecular weight is 225 g/mol. The molecule has 1 aliphatic rings. The molecule has 2 N–H and O–H groups in total. The van der Waals surface area contributed by atoms with Crippen LogP contribution in [0.3, 0.4) is 0 Å². The lowest BCUT2D eigenvalue weighted by Gasteiger charge is -2.14. The van der Waals surface area contributed by atoms with Crippen molar-refractivity contribution in [2.75, 3.05) is 14.2 Å². The van der Waals surface area contributed by atoms with Gasteiger partial charge in [0.25, 0.3) is 0 Å². The molecule has 0 unspecified atom stereocenters. The molecule has 0 bridgehead atoms. The van der Waals surface area contributed by atoms with Gasteiger partial charge in [-0.2, -0.15) is 4.39 Å². The molecule has 1 aromatic carbocycles. The molecular weight excluding hydrogens is 209 g/mol. The van der Waals surface area contributed by atoms with E-state index in [0.717, 1.165) is 18.4 Å². The van der Waals surface area contributed by atoms with Crippen LogP contribution in [0.15, 0.2) is 12.1 Å². The fourth-order valence-electron chi connectivity index (χ4n) is 1.81. The molecule has 0 amide bonds. The lowest BCUT2D eigenvalue weighted by Crippen LogP contribution is -2.24. The quantitative estimate of drug-likeness (QED) is 0.850. The van der Waals surface area contributed by atoms with Crippen molar-refractivity contribution < 1.29 is 13.9 Å². The van der Waals surface area contributed by atoms with Crippen LogP contribution in [0.1, 0.15) is 18.4 Å². The first-order valence-corrected chi connectivity index (χ1v) is 5.28. The molecule has 0 radical (unpaired) electrons. The van der Waals surface area contributed by atoms with Crippen molar-refractivity contribution in [2.24, 2.45) is 5.73 Å². The number of rotatable bonds is 4. The first kappa shape index (κ1) is 11.2. The minimum Gasteiger partial charge on any atom is -0.494 e. The van der Waals surface area contributed by atoms with Crippen LogP contribution in [-0.2, 0) is 6.42 Å². The van der Waals surface area contributed by atoms with E-state index in [-0.39, 0.29) is 17.0 Å². The van der Waals surface area contributed by atoms with Gasteiger partial charge in [0, 0.05) is 5.54 Å². The Kier molecular flexibility index (Phi) is 2.76. The van der Waals surface area contributed by atoms with E-state index in [1.165, 1.54) is 14.2 Å². The van der Waals surface area contributed by atoms with Gasteiger partial charge < -0.3 is 15.2 Å². The van der Waals surface area contributed by atoms with Gasteiger partial charge in [0.1, 0.15) is 0 Å². The summed E-state index contributed by atoms with van der Waals surface area (Å²) < 4.78 is 23.8. The molecule has 16 heavy (non-hydrogen) atoms. The van der Waals surface area contributed by atoms with Crippen LogP contribution in [-0.4, -0.2) is 19.8 Å². The summed E-state index contributed by atoms with van der Waals surface area (Å²) in [7, 11) is 2.89. The van der Waals surface area contributed by atoms with Gasteiger partial charge in [-0.3, -0.25) is 0 Å². The molecule has 2 rings (SSSR count). The van der Waals surface area contributed by atoms with Crippen LogP contribution in [0.25, 0.3) is 0 Å². The maximum atomic E-state index is 13.8. The zero-order chi connectivity index (χ0) is 11.8. The predicted octanol–water partition coefficient (Wildman–Crippen LogP) is 1.88. The van der Waals surface area contributed by atoms with Crippen molar-refractivity contribution >= 4 is 0 Å². The van der Waals surface area contributed by atoms with Crippen LogP contribution in [0, 0.1) is 5.82 Å².